The molecule has 0 radical (unpaired) electrons. The highest BCUT2D eigenvalue weighted by Gasteiger charge is 2.10. The summed E-state index contributed by atoms with van der Waals surface area (Å²) in [6.45, 7) is 0.0702. The molecule has 3 nitrogen and oxygen atoms in total. The largest absolute Gasteiger partial charge is 0.394 e. The SMILES string of the molecule is CNC(CO)c1cnccc1Br. The molecule has 0 saturated carbocycles. The summed E-state index contributed by atoms with van der Waals surface area (Å²) in [6.07, 6.45) is 3.44. The summed E-state index contributed by atoms with van der Waals surface area (Å²) >= 11 is 3.39. The van der Waals surface area contributed by atoms with Gasteiger partial charge in [-0.25, -0.2) is 0 Å². The van der Waals surface area contributed by atoms with E-state index in [1.54, 1.807) is 19.4 Å². The van der Waals surface area contributed by atoms with E-state index in [0.717, 1.165) is 10.0 Å². The molecule has 1 aromatic heterocycles. The van der Waals surface area contributed by atoms with E-state index >= 15 is 0 Å². The fourth-order valence-corrected chi connectivity index (χ4v) is 1.49. The van der Waals surface area contributed by atoms with Crippen LogP contribution in [0.2, 0.25) is 0 Å². The van der Waals surface area contributed by atoms with Crippen molar-refractivity contribution in [3.8, 4) is 0 Å². The van der Waals surface area contributed by atoms with E-state index in [4.69, 9.17) is 5.11 Å². The van der Waals surface area contributed by atoms with Gasteiger partial charge in [-0.3, -0.25) is 4.98 Å². The highest BCUT2D eigenvalue weighted by atomic mass is 79.9. The summed E-state index contributed by atoms with van der Waals surface area (Å²) in [5, 5.41) is 12.0. The summed E-state index contributed by atoms with van der Waals surface area (Å²) in [6, 6.07) is 1.81. The minimum Gasteiger partial charge on any atom is -0.394 e. The number of aliphatic hydroxyl groups is 1. The van der Waals surface area contributed by atoms with Crippen LogP contribution in [0.1, 0.15) is 11.6 Å². The van der Waals surface area contributed by atoms with Gasteiger partial charge in [-0.1, -0.05) is 15.9 Å². The molecule has 0 amide bonds. The fourth-order valence-electron chi connectivity index (χ4n) is 0.991. The molecule has 2 N–H and O–H groups in total. The molecule has 1 aromatic rings. The van der Waals surface area contributed by atoms with Gasteiger partial charge < -0.3 is 10.4 Å². The topological polar surface area (TPSA) is 45.1 Å². The first-order chi connectivity index (χ1) is 5.79. The van der Waals surface area contributed by atoms with E-state index in [-0.39, 0.29) is 12.6 Å². The van der Waals surface area contributed by atoms with Crippen molar-refractivity contribution in [3.63, 3.8) is 0 Å². The summed E-state index contributed by atoms with van der Waals surface area (Å²) in [7, 11) is 1.81. The van der Waals surface area contributed by atoms with E-state index in [9.17, 15) is 0 Å². The standard InChI is InChI=1S/C8H11BrN2O/c1-10-8(5-12)6-4-11-3-2-7(6)9/h2-4,8,10,12H,5H2,1H3. The minimum absolute atomic E-state index is 0.0481. The van der Waals surface area contributed by atoms with Crippen LogP contribution in [0.3, 0.4) is 0 Å². The third-order valence-electron chi connectivity index (χ3n) is 1.70. The van der Waals surface area contributed by atoms with Crippen LogP contribution >= 0.6 is 15.9 Å². The van der Waals surface area contributed by atoms with Crippen LogP contribution in [0, 0.1) is 0 Å². The highest BCUT2D eigenvalue weighted by Crippen LogP contribution is 2.21. The Kier molecular flexibility index (Phi) is 3.65. The second kappa shape index (κ2) is 4.54. The lowest BCUT2D eigenvalue weighted by Gasteiger charge is -2.13. The second-order valence-corrected chi connectivity index (χ2v) is 3.28. The lowest BCUT2D eigenvalue weighted by atomic mass is 10.1. The smallest absolute Gasteiger partial charge is 0.0627 e. The number of pyridine rings is 1. The summed E-state index contributed by atoms with van der Waals surface area (Å²) in [4.78, 5) is 3.98. The van der Waals surface area contributed by atoms with Gasteiger partial charge in [0.25, 0.3) is 0 Å². The third kappa shape index (κ3) is 2.03. The number of halogens is 1. The van der Waals surface area contributed by atoms with Gasteiger partial charge in [0.05, 0.1) is 12.6 Å². The van der Waals surface area contributed by atoms with Gasteiger partial charge in [0, 0.05) is 22.4 Å². The molecule has 0 saturated heterocycles. The van der Waals surface area contributed by atoms with Crippen LogP contribution in [-0.2, 0) is 0 Å². The normalized spacial score (nSPS) is 12.9. The van der Waals surface area contributed by atoms with Gasteiger partial charge in [-0.15, -0.1) is 0 Å². The molecular formula is C8H11BrN2O. The molecule has 0 bridgehead atoms. The van der Waals surface area contributed by atoms with E-state index in [1.807, 2.05) is 6.07 Å². The first-order valence-electron chi connectivity index (χ1n) is 3.67. The van der Waals surface area contributed by atoms with Gasteiger partial charge >= 0.3 is 0 Å². The lowest BCUT2D eigenvalue weighted by molar-refractivity contribution is 0.250. The number of aromatic nitrogens is 1. The molecule has 0 aromatic carbocycles. The Hall–Kier alpha value is -0.450. The average Bonchev–Trinajstić information content (AvgIpc) is 2.10. The van der Waals surface area contributed by atoms with E-state index in [0.29, 0.717) is 0 Å². The van der Waals surface area contributed by atoms with E-state index < -0.39 is 0 Å². The molecular weight excluding hydrogens is 220 g/mol. The third-order valence-corrected chi connectivity index (χ3v) is 2.42. The monoisotopic (exact) mass is 230 g/mol. The summed E-state index contributed by atoms with van der Waals surface area (Å²) in [5.41, 5.74) is 0.975. The molecule has 1 heterocycles. The minimum atomic E-state index is -0.0481. The fraction of sp³-hybridized carbons (Fsp3) is 0.375. The zero-order valence-corrected chi connectivity index (χ0v) is 8.37. The van der Waals surface area contributed by atoms with Crippen molar-refractivity contribution in [2.75, 3.05) is 13.7 Å². The van der Waals surface area contributed by atoms with Crippen LogP contribution in [0.25, 0.3) is 0 Å². The molecule has 0 aliphatic carbocycles. The summed E-state index contributed by atoms with van der Waals surface area (Å²) in [5.74, 6) is 0. The van der Waals surface area contributed by atoms with Crippen molar-refractivity contribution in [2.24, 2.45) is 0 Å². The van der Waals surface area contributed by atoms with Gasteiger partial charge in [0.1, 0.15) is 0 Å². The predicted molar refractivity (Wildman–Crippen MR) is 50.8 cm³/mol. The Morgan fingerprint density at radius 2 is 2.50 bits per heavy atom. The molecule has 0 aliphatic heterocycles. The maximum atomic E-state index is 8.99. The average molecular weight is 231 g/mol. The zero-order chi connectivity index (χ0) is 8.97. The number of hydrogen-bond acceptors (Lipinski definition) is 3. The van der Waals surface area contributed by atoms with Gasteiger partial charge in [0.2, 0.25) is 0 Å². The van der Waals surface area contributed by atoms with Crippen LogP contribution in [0.5, 0.6) is 0 Å². The first kappa shape index (κ1) is 9.64. The van der Waals surface area contributed by atoms with Gasteiger partial charge in [-0.2, -0.15) is 0 Å². The maximum Gasteiger partial charge on any atom is 0.0627 e. The molecule has 0 fully saturated rings. The van der Waals surface area contributed by atoms with Crippen molar-refractivity contribution in [1.29, 1.82) is 0 Å². The Balaban J connectivity index is 2.92. The van der Waals surface area contributed by atoms with Gasteiger partial charge in [0.15, 0.2) is 0 Å². The number of nitrogens with zero attached hydrogens (tertiary/aromatic N) is 1. The molecule has 0 spiro atoms. The molecule has 1 unspecified atom stereocenters. The zero-order valence-electron chi connectivity index (χ0n) is 6.79. The van der Waals surface area contributed by atoms with Crippen molar-refractivity contribution >= 4 is 15.9 Å². The van der Waals surface area contributed by atoms with Crippen LogP contribution in [0.4, 0.5) is 0 Å². The first-order valence-corrected chi connectivity index (χ1v) is 4.46. The maximum absolute atomic E-state index is 8.99. The van der Waals surface area contributed by atoms with E-state index in [2.05, 4.69) is 26.2 Å². The summed E-state index contributed by atoms with van der Waals surface area (Å²) < 4.78 is 0.964. The van der Waals surface area contributed by atoms with E-state index in [1.165, 1.54) is 0 Å². The quantitative estimate of drug-likeness (QED) is 0.818. The Bertz CT molecular complexity index is 251. The second-order valence-electron chi connectivity index (χ2n) is 2.42. The van der Waals surface area contributed by atoms with Crippen molar-refractivity contribution in [3.05, 3.63) is 28.5 Å². The Labute approximate surface area is 80.0 Å². The molecule has 66 valence electrons. The Morgan fingerprint density at radius 1 is 1.75 bits per heavy atom. The molecule has 1 atom stereocenters. The number of hydrogen-bond donors (Lipinski definition) is 2. The number of rotatable bonds is 3. The Morgan fingerprint density at radius 3 is 3.00 bits per heavy atom. The van der Waals surface area contributed by atoms with Crippen molar-refractivity contribution < 1.29 is 5.11 Å². The number of likely N-dealkylation sites (N-methyl/N-ethyl adjacent to an activating group) is 1. The van der Waals surface area contributed by atoms with Crippen molar-refractivity contribution in [1.82, 2.24) is 10.3 Å². The lowest BCUT2D eigenvalue weighted by Crippen LogP contribution is -2.20. The number of nitrogens with one attached hydrogen (secondary N) is 1. The molecule has 4 heteroatoms. The highest BCUT2D eigenvalue weighted by molar-refractivity contribution is 9.10. The van der Waals surface area contributed by atoms with Gasteiger partial charge in [-0.05, 0) is 13.1 Å². The molecule has 1 rings (SSSR count). The predicted octanol–water partition coefficient (Wildman–Crippen LogP) is 1.10. The van der Waals surface area contributed by atoms with Crippen molar-refractivity contribution in [2.45, 2.75) is 6.04 Å². The van der Waals surface area contributed by atoms with Crippen LogP contribution in [0.15, 0.2) is 22.9 Å². The molecule has 12 heavy (non-hydrogen) atoms. The number of aliphatic hydroxyl groups excluding tert-OH is 1. The van der Waals surface area contributed by atoms with Crippen LogP contribution < -0.4 is 5.32 Å². The molecule has 0 aliphatic rings. The van der Waals surface area contributed by atoms with Crippen LogP contribution in [-0.4, -0.2) is 23.7 Å².